The third-order valence-corrected chi connectivity index (χ3v) is 5.01. The predicted molar refractivity (Wildman–Crippen MR) is 102 cm³/mol. The summed E-state index contributed by atoms with van der Waals surface area (Å²) in [6.07, 6.45) is 0. The third-order valence-electron chi connectivity index (χ3n) is 5.01. The maximum absolute atomic E-state index is 11.6. The minimum Gasteiger partial charge on any atom is -0.340 e. The fourth-order valence-corrected chi connectivity index (χ4v) is 3.62. The number of aromatic amines is 2. The lowest BCUT2D eigenvalue weighted by Crippen LogP contribution is -2.47. The van der Waals surface area contributed by atoms with E-state index in [1.807, 2.05) is 23.1 Å². The quantitative estimate of drug-likeness (QED) is 0.761. The number of rotatable bonds is 3. The average molecular weight is 350 g/mol. The van der Waals surface area contributed by atoms with E-state index in [1.165, 1.54) is 5.56 Å². The number of nitrogens with one attached hydrogen (secondary N) is 2. The average Bonchev–Trinajstić information content (AvgIpc) is 3.02. The van der Waals surface area contributed by atoms with Crippen molar-refractivity contribution in [1.29, 1.82) is 0 Å². The molecule has 0 spiro atoms. The van der Waals surface area contributed by atoms with Crippen molar-refractivity contribution in [2.75, 3.05) is 26.2 Å². The van der Waals surface area contributed by atoms with Gasteiger partial charge in [-0.3, -0.25) is 9.69 Å². The first kappa shape index (κ1) is 16.6. The molecule has 0 saturated carbocycles. The monoisotopic (exact) mass is 350 g/mol. The Morgan fingerprint density at radius 1 is 1.04 bits per heavy atom. The van der Waals surface area contributed by atoms with E-state index in [0.29, 0.717) is 0 Å². The van der Waals surface area contributed by atoms with Crippen LogP contribution in [0.4, 0.5) is 0 Å². The minimum atomic E-state index is -0.188. The molecule has 4 rings (SSSR count). The number of amides is 1. The Bertz CT molecular complexity index is 996. The number of imidazole rings is 1. The summed E-state index contributed by atoms with van der Waals surface area (Å²) in [5.74, 6) is 0.153. The molecular weight excluding hydrogens is 328 g/mol. The van der Waals surface area contributed by atoms with Gasteiger partial charge in [0, 0.05) is 45.2 Å². The molecule has 0 atom stereocenters. The Balaban J connectivity index is 1.55. The lowest BCUT2D eigenvalue weighted by Gasteiger charge is -2.34. The highest BCUT2D eigenvalue weighted by atomic mass is 16.2. The largest absolute Gasteiger partial charge is 0.340 e. The molecule has 134 valence electrons. The van der Waals surface area contributed by atoms with E-state index in [9.17, 15) is 9.59 Å². The van der Waals surface area contributed by atoms with Crippen molar-refractivity contribution < 1.29 is 4.79 Å². The summed E-state index contributed by atoms with van der Waals surface area (Å²) < 4.78 is 0. The molecule has 0 bridgehead atoms. The van der Waals surface area contributed by atoms with Crippen LogP contribution in [0.25, 0.3) is 22.2 Å². The SMILES string of the molecule is CC(=O)N1CCN(Cc2cccc(-c3cccc4[nH]c(=O)[nH]c34)c2)CC1. The predicted octanol–water partition coefficient (Wildman–Crippen LogP) is 2.19. The van der Waals surface area contributed by atoms with Crippen LogP contribution >= 0.6 is 0 Å². The van der Waals surface area contributed by atoms with Gasteiger partial charge in [-0.25, -0.2) is 4.79 Å². The van der Waals surface area contributed by atoms with Gasteiger partial charge in [-0.15, -0.1) is 0 Å². The van der Waals surface area contributed by atoms with Crippen molar-refractivity contribution in [1.82, 2.24) is 19.8 Å². The molecule has 0 unspecified atom stereocenters. The van der Waals surface area contributed by atoms with Gasteiger partial charge in [0.25, 0.3) is 0 Å². The van der Waals surface area contributed by atoms with Crippen molar-refractivity contribution >= 4 is 16.9 Å². The lowest BCUT2D eigenvalue weighted by molar-refractivity contribution is -0.130. The van der Waals surface area contributed by atoms with Crippen molar-refractivity contribution in [3.05, 3.63) is 58.5 Å². The summed E-state index contributed by atoms with van der Waals surface area (Å²) in [6.45, 7) is 5.86. The topological polar surface area (TPSA) is 72.2 Å². The number of fused-ring (bicyclic) bond motifs is 1. The van der Waals surface area contributed by atoms with E-state index in [0.717, 1.165) is 54.9 Å². The summed E-state index contributed by atoms with van der Waals surface area (Å²) in [4.78, 5) is 33.0. The molecule has 6 nitrogen and oxygen atoms in total. The summed E-state index contributed by atoms with van der Waals surface area (Å²) in [6, 6.07) is 14.3. The van der Waals surface area contributed by atoms with E-state index in [2.05, 4.69) is 39.1 Å². The first-order valence-corrected chi connectivity index (χ1v) is 8.88. The van der Waals surface area contributed by atoms with Gasteiger partial charge >= 0.3 is 5.69 Å². The van der Waals surface area contributed by atoms with E-state index in [4.69, 9.17) is 0 Å². The Morgan fingerprint density at radius 2 is 1.81 bits per heavy atom. The van der Waals surface area contributed by atoms with Crippen molar-refractivity contribution in [2.45, 2.75) is 13.5 Å². The van der Waals surface area contributed by atoms with Gasteiger partial charge in [-0.2, -0.15) is 0 Å². The second kappa shape index (κ2) is 6.80. The molecule has 6 heteroatoms. The molecule has 1 aliphatic heterocycles. The van der Waals surface area contributed by atoms with Crippen molar-refractivity contribution in [2.24, 2.45) is 0 Å². The maximum Gasteiger partial charge on any atom is 0.323 e. The molecule has 26 heavy (non-hydrogen) atoms. The summed E-state index contributed by atoms with van der Waals surface area (Å²) in [7, 11) is 0. The summed E-state index contributed by atoms with van der Waals surface area (Å²) in [5.41, 5.74) is 4.80. The molecule has 1 saturated heterocycles. The molecule has 0 radical (unpaired) electrons. The molecule has 2 N–H and O–H groups in total. The highest BCUT2D eigenvalue weighted by Gasteiger charge is 2.18. The number of hydrogen-bond acceptors (Lipinski definition) is 3. The smallest absolute Gasteiger partial charge is 0.323 e. The zero-order valence-corrected chi connectivity index (χ0v) is 14.8. The second-order valence-electron chi connectivity index (χ2n) is 6.79. The summed E-state index contributed by atoms with van der Waals surface area (Å²) >= 11 is 0. The number of piperazine rings is 1. The molecular formula is C20H22N4O2. The molecule has 1 aliphatic rings. The van der Waals surface area contributed by atoms with Crippen LogP contribution in [0.2, 0.25) is 0 Å². The van der Waals surface area contributed by atoms with Crippen LogP contribution in [0.1, 0.15) is 12.5 Å². The lowest BCUT2D eigenvalue weighted by atomic mass is 10.0. The van der Waals surface area contributed by atoms with Gasteiger partial charge in [0.2, 0.25) is 5.91 Å². The van der Waals surface area contributed by atoms with Crippen LogP contribution in [0.5, 0.6) is 0 Å². The first-order chi connectivity index (χ1) is 12.6. The maximum atomic E-state index is 11.6. The van der Waals surface area contributed by atoms with E-state index in [1.54, 1.807) is 6.92 Å². The number of para-hydroxylation sites is 1. The summed E-state index contributed by atoms with van der Waals surface area (Å²) in [5, 5.41) is 0. The number of carbonyl (C=O) groups is 1. The van der Waals surface area contributed by atoms with Gasteiger partial charge in [0.1, 0.15) is 0 Å². The van der Waals surface area contributed by atoms with Crippen LogP contribution < -0.4 is 5.69 Å². The zero-order valence-electron chi connectivity index (χ0n) is 14.8. The Hall–Kier alpha value is -2.86. The fourth-order valence-electron chi connectivity index (χ4n) is 3.62. The van der Waals surface area contributed by atoms with Crippen LogP contribution in [0.15, 0.2) is 47.3 Å². The van der Waals surface area contributed by atoms with Gasteiger partial charge in [0.05, 0.1) is 11.0 Å². The molecule has 2 aromatic carbocycles. The Kier molecular flexibility index (Phi) is 4.34. The number of carbonyl (C=O) groups excluding carboxylic acids is 1. The highest BCUT2D eigenvalue weighted by molar-refractivity contribution is 5.91. The van der Waals surface area contributed by atoms with Gasteiger partial charge in [-0.1, -0.05) is 30.3 Å². The number of nitrogens with zero attached hydrogens (tertiary/aromatic N) is 2. The fraction of sp³-hybridized carbons (Fsp3) is 0.300. The van der Waals surface area contributed by atoms with E-state index >= 15 is 0 Å². The van der Waals surface area contributed by atoms with Crippen LogP contribution in [-0.4, -0.2) is 51.9 Å². The zero-order chi connectivity index (χ0) is 18.1. The van der Waals surface area contributed by atoms with E-state index < -0.39 is 0 Å². The van der Waals surface area contributed by atoms with Crippen LogP contribution in [0, 0.1) is 0 Å². The van der Waals surface area contributed by atoms with Crippen molar-refractivity contribution in [3.63, 3.8) is 0 Å². The van der Waals surface area contributed by atoms with Crippen molar-refractivity contribution in [3.8, 4) is 11.1 Å². The third kappa shape index (κ3) is 3.28. The minimum absolute atomic E-state index is 0.153. The number of H-pyrrole nitrogens is 2. The van der Waals surface area contributed by atoms with E-state index in [-0.39, 0.29) is 11.6 Å². The number of aromatic nitrogens is 2. The molecule has 3 aromatic rings. The molecule has 1 amide bonds. The van der Waals surface area contributed by atoms with Crippen LogP contribution in [-0.2, 0) is 11.3 Å². The Labute approximate surface area is 151 Å². The highest BCUT2D eigenvalue weighted by Crippen LogP contribution is 2.26. The molecule has 1 fully saturated rings. The number of benzene rings is 2. The van der Waals surface area contributed by atoms with Gasteiger partial charge in [0.15, 0.2) is 0 Å². The van der Waals surface area contributed by atoms with Crippen LogP contribution in [0.3, 0.4) is 0 Å². The molecule has 1 aromatic heterocycles. The normalized spacial score (nSPS) is 15.5. The molecule has 2 heterocycles. The van der Waals surface area contributed by atoms with Gasteiger partial charge in [-0.05, 0) is 23.3 Å². The molecule has 0 aliphatic carbocycles. The standard InChI is InChI=1S/C20H22N4O2/c1-14(25)24-10-8-23(9-11-24)13-15-4-2-5-16(12-15)17-6-3-7-18-19(17)22-20(26)21-18/h2-7,12H,8-11,13H2,1H3,(H2,21,22,26). The van der Waals surface area contributed by atoms with Gasteiger partial charge < -0.3 is 14.9 Å². The number of hydrogen-bond donors (Lipinski definition) is 2. The Morgan fingerprint density at radius 3 is 2.58 bits per heavy atom. The first-order valence-electron chi connectivity index (χ1n) is 8.88. The second-order valence-corrected chi connectivity index (χ2v) is 6.79.